The molecular weight excluding hydrogens is 386 g/mol. The highest BCUT2D eigenvalue weighted by molar-refractivity contribution is 7.16. The lowest BCUT2D eigenvalue weighted by molar-refractivity contribution is 0.0246. The van der Waals surface area contributed by atoms with Crippen LogP contribution in [0.1, 0.15) is 29.6 Å². The van der Waals surface area contributed by atoms with Crippen molar-refractivity contribution in [3.8, 4) is 0 Å². The first-order chi connectivity index (χ1) is 14.1. The summed E-state index contributed by atoms with van der Waals surface area (Å²) in [6, 6.07) is 5.73. The fourth-order valence-electron chi connectivity index (χ4n) is 4.70. The van der Waals surface area contributed by atoms with Gasteiger partial charge < -0.3 is 14.9 Å². The van der Waals surface area contributed by atoms with Crippen molar-refractivity contribution in [2.75, 3.05) is 31.1 Å². The van der Waals surface area contributed by atoms with Crippen LogP contribution in [0.3, 0.4) is 0 Å². The first kappa shape index (κ1) is 18.4. The molecule has 2 aliphatic rings. The fraction of sp³-hybridized carbons (Fsp3) is 0.429. The predicted molar refractivity (Wildman–Crippen MR) is 112 cm³/mol. The van der Waals surface area contributed by atoms with Gasteiger partial charge in [-0.15, -0.1) is 11.3 Å². The molecule has 2 saturated heterocycles. The Kier molecular flexibility index (Phi) is 4.67. The van der Waals surface area contributed by atoms with Gasteiger partial charge in [-0.2, -0.15) is 0 Å². The Morgan fingerprint density at radius 3 is 2.86 bits per heavy atom. The Hall–Kier alpha value is -2.58. The SMILES string of the molecule is O=C(c1ccc2ncsc2c1)N1CCC2(CC1)CC(O)CN(c1cnccn1)C2. The summed E-state index contributed by atoms with van der Waals surface area (Å²) in [7, 11) is 0. The van der Waals surface area contributed by atoms with E-state index in [1.807, 2.05) is 23.1 Å². The number of anilines is 1. The van der Waals surface area contributed by atoms with Crippen LogP contribution in [-0.2, 0) is 0 Å². The van der Waals surface area contributed by atoms with Crippen LogP contribution >= 0.6 is 11.3 Å². The van der Waals surface area contributed by atoms with Crippen molar-refractivity contribution in [1.82, 2.24) is 19.9 Å². The molecule has 4 heterocycles. The average Bonchev–Trinajstić information content (AvgIpc) is 3.22. The van der Waals surface area contributed by atoms with Gasteiger partial charge in [0.25, 0.3) is 5.91 Å². The summed E-state index contributed by atoms with van der Waals surface area (Å²) in [5.74, 6) is 0.888. The van der Waals surface area contributed by atoms with Crippen molar-refractivity contribution >= 4 is 33.3 Å². The number of piperidine rings is 2. The van der Waals surface area contributed by atoms with E-state index in [2.05, 4.69) is 19.9 Å². The molecule has 0 saturated carbocycles. The minimum absolute atomic E-state index is 0.00753. The van der Waals surface area contributed by atoms with E-state index in [-0.39, 0.29) is 17.4 Å². The van der Waals surface area contributed by atoms with Gasteiger partial charge in [-0.25, -0.2) is 9.97 Å². The number of rotatable bonds is 2. The summed E-state index contributed by atoms with van der Waals surface area (Å²) in [4.78, 5) is 29.9. The van der Waals surface area contributed by atoms with E-state index in [1.54, 1.807) is 35.4 Å². The van der Waals surface area contributed by atoms with Crippen molar-refractivity contribution < 1.29 is 9.90 Å². The highest BCUT2D eigenvalue weighted by Gasteiger charge is 2.42. The topological polar surface area (TPSA) is 82.5 Å². The van der Waals surface area contributed by atoms with E-state index in [0.717, 1.165) is 47.4 Å². The minimum atomic E-state index is -0.387. The molecule has 0 aliphatic carbocycles. The molecule has 1 N–H and O–H groups in total. The molecule has 8 heteroatoms. The molecule has 2 aliphatic heterocycles. The van der Waals surface area contributed by atoms with E-state index in [1.165, 1.54) is 0 Å². The van der Waals surface area contributed by atoms with Gasteiger partial charge in [0.1, 0.15) is 5.82 Å². The Labute approximate surface area is 173 Å². The van der Waals surface area contributed by atoms with Gasteiger partial charge in [0.15, 0.2) is 0 Å². The van der Waals surface area contributed by atoms with Crippen molar-refractivity contribution in [3.05, 3.63) is 47.9 Å². The van der Waals surface area contributed by atoms with Gasteiger partial charge in [0, 0.05) is 44.1 Å². The van der Waals surface area contributed by atoms with Gasteiger partial charge >= 0.3 is 0 Å². The van der Waals surface area contributed by atoms with Crippen LogP contribution in [0.15, 0.2) is 42.3 Å². The molecule has 1 amide bonds. The molecule has 1 unspecified atom stereocenters. The van der Waals surface area contributed by atoms with Crippen molar-refractivity contribution in [1.29, 1.82) is 0 Å². The first-order valence-corrected chi connectivity index (χ1v) is 10.8. The predicted octanol–water partition coefficient (Wildman–Crippen LogP) is 2.58. The molecular formula is C21H23N5O2S. The van der Waals surface area contributed by atoms with E-state index in [0.29, 0.717) is 19.6 Å². The Balaban J connectivity index is 1.29. The quantitative estimate of drug-likeness (QED) is 0.701. The Morgan fingerprint density at radius 2 is 2.07 bits per heavy atom. The summed E-state index contributed by atoms with van der Waals surface area (Å²) in [6.07, 6.45) is 7.25. The monoisotopic (exact) mass is 409 g/mol. The second kappa shape index (κ2) is 7.35. The number of likely N-dealkylation sites (tertiary alicyclic amines) is 1. The van der Waals surface area contributed by atoms with Crippen LogP contribution in [0.25, 0.3) is 10.2 Å². The van der Waals surface area contributed by atoms with Crippen LogP contribution in [0.5, 0.6) is 0 Å². The molecule has 7 nitrogen and oxygen atoms in total. The number of thiazole rings is 1. The molecule has 1 spiro atoms. The van der Waals surface area contributed by atoms with Crippen molar-refractivity contribution in [2.45, 2.75) is 25.4 Å². The van der Waals surface area contributed by atoms with E-state index >= 15 is 0 Å². The number of amides is 1. The van der Waals surface area contributed by atoms with Gasteiger partial charge in [-0.05, 0) is 42.9 Å². The van der Waals surface area contributed by atoms with Gasteiger partial charge in [-0.3, -0.25) is 9.78 Å². The van der Waals surface area contributed by atoms with Crippen molar-refractivity contribution in [3.63, 3.8) is 0 Å². The number of aromatic nitrogens is 3. The number of hydrogen-bond donors (Lipinski definition) is 1. The lowest BCUT2D eigenvalue weighted by Crippen LogP contribution is -2.54. The lowest BCUT2D eigenvalue weighted by atomic mass is 9.71. The summed E-state index contributed by atoms with van der Waals surface area (Å²) < 4.78 is 1.04. The summed E-state index contributed by atoms with van der Waals surface area (Å²) >= 11 is 1.56. The smallest absolute Gasteiger partial charge is 0.253 e. The maximum Gasteiger partial charge on any atom is 0.253 e. The fourth-order valence-corrected chi connectivity index (χ4v) is 5.42. The highest BCUT2D eigenvalue weighted by atomic mass is 32.1. The minimum Gasteiger partial charge on any atom is -0.391 e. The lowest BCUT2D eigenvalue weighted by Gasteiger charge is -2.49. The molecule has 5 rings (SSSR count). The number of nitrogens with zero attached hydrogens (tertiary/aromatic N) is 5. The maximum absolute atomic E-state index is 13.0. The largest absolute Gasteiger partial charge is 0.391 e. The number of aliphatic hydroxyl groups excluding tert-OH is 1. The third-order valence-corrected chi connectivity index (χ3v) is 6.98. The van der Waals surface area contributed by atoms with Crippen LogP contribution in [0.2, 0.25) is 0 Å². The molecule has 3 aromatic rings. The second-order valence-corrected chi connectivity index (χ2v) is 9.02. The summed E-state index contributed by atoms with van der Waals surface area (Å²) in [6.45, 7) is 2.84. The maximum atomic E-state index is 13.0. The van der Waals surface area contributed by atoms with E-state index < -0.39 is 0 Å². The normalized spacial score (nSPS) is 21.6. The Bertz CT molecular complexity index is 1020. The van der Waals surface area contributed by atoms with Crippen LogP contribution in [0, 0.1) is 5.41 Å². The van der Waals surface area contributed by atoms with Crippen LogP contribution in [-0.4, -0.2) is 63.1 Å². The Morgan fingerprint density at radius 1 is 1.21 bits per heavy atom. The zero-order chi connectivity index (χ0) is 19.8. The van der Waals surface area contributed by atoms with E-state index in [9.17, 15) is 9.90 Å². The molecule has 1 aromatic carbocycles. The molecule has 2 fully saturated rings. The molecule has 0 radical (unpaired) electrons. The molecule has 0 bridgehead atoms. The standard InChI is InChI=1S/C21H23N5O2S/c27-16-10-21(13-26(12-16)19-11-22-5-6-23-19)3-7-25(8-4-21)20(28)15-1-2-17-18(9-15)29-14-24-17/h1-2,5-6,9,11,14,16,27H,3-4,7-8,10,12-13H2. The first-order valence-electron chi connectivity index (χ1n) is 9.94. The van der Waals surface area contributed by atoms with Gasteiger partial charge in [0.05, 0.1) is 28.0 Å². The third-order valence-electron chi connectivity index (χ3n) is 6.19. The number of carbonyl (C=O) groups is 1. The van der Waals surface area contributed by atoms with Gasteiger partial charge in [-0.1, -0.05) is 0 Å². The molecule has 29 heavy (non-hydrogen) atoms. The number of benzene rings is 1. The molecule has 150 valence electrons. The summed E-state index contributed by atoms with van der Waals surface area (Å²) in [5.41, 5.74) is 3.47. The molecule has 2 aromatic heterocycles. The van der Waals surface area contributed by atoms with Crippen LogP contribution < -0.4 is 4.90 Å². The van der Waals surface area contributed by atoms with Crippen molar-refractivity contribution in [2.24, 2.45) is 5.41 Å². The van der Waals surface area contributed by atoms with Crippen LogP contribution in [0.4, 0.5) is 5.82 Å². The van der Waals surface area contributed by atoms with Gasteiger partial charge in [0.2, 0.25) is 0 Å². The zero-order valence-electron chi connectivity index (χ0n) is 16.1. The summed E-state index contributed by atoms with van der Waals surface area (Å²) in [5, 5.41) is 10.5. The zero-order valence-corrected chi connectivity index (χ0v) is 16.9. The van der Waals surface area contributed by atoms with E-state index in [4.69, 9.17) is 0 Å². The third kappa shape index (κ3) is 3.58. The number of hydrogen-bond acceptors (Lipinski definition) is 7. The second-order valence-electron chi connectivity index (χ2n) is 8.13. The number of carbonyl (C=O) groups excluding carboxylic acids is 1. The number of aliphatic hydroxyl groups is 1. The average molecular weight is 410 g/mol. The molecule has 1 atom stereocenters. The highest BCUT2D eigenvalue weighted by Crippen LogP contribution is 2.41. The number of fused-ring (bicyclic) bond motifs is 1. The number of β-amino-alcohol motifs (C(OH)–C–C–N with tert-alkyl or cyclic N) is 1.